The number of benzene rings is 2. The van der Waals surface area contributed by atoms with E-state index in [4.69, 9.17) is 0 Å². The van der Waals surface area contributed by atoms with E-state index in [2.05, 4.69) is 34.2 Å². The number of fused-ring (bicyclic) bond motifs is 6. The van der Waals surface area contributed by atoms with E-state index >= 15 is 0 Å². The van der Waals surface area contributed by atoms with E-state index in [0.29, 0.717) is 0 Å². The van der Waals surface area contributed by atoms with E-state index in [1.165, 1.54) is 20.2 Å². The molecule has 0 saturated carbocycles. The molecule has 76 valence electrons. The van der Waals surface area contributed by atoms with E-state index in [1.807, 2.05) is 11.0 Å². The second-order valence-corrected chi connectivity index (χ2v) is 5.32. The number of aromatic nitrogens is 2. The fourth-order valence-corrected chi connectivity index (χ4v) is 3.87. The highest BCUT2D eigenvalue weighted by atomic mass is 32.1. The second-order valence-electron chi connectivity index (χ2n) is 3.61. The summed E-state index contributed by atoms with van der Waals surface area (Å²) >= 11 is 3.39. The van der Waals surface area contributed by atoms with Crippen LogP contribution in [0.4, 0.5) is 0 Å². The smallest absolute Gasteiger partial charge is 0.0906 e. The van der Waals surface area contributed by atoms with Crippen molar-refractivity contribution >= 4 is 53.9 Å². The molecule has 4 rings (SSSR count). The van der Waals surface area contributed by atoms with Gasteiger partial charge in [-0.3, -0.25) is 0 Å². The minimum absolute atomic E-state index is 1.11. The Balaban J connectivity index is 2.51. The van der Waals surface area contributed by atoms with Crippen molar-refractivity contribution < 1.29 is 0 Å². The van der Waals surface area contributed by atoms with Crippen LogP contribution in [-0.4, -0.2) is 9.97 Å². The summed E-state index contributed by atoms with van der Waals surface area (Å²) in [6, 6.07) is 8.35. The van der Waals surface area contributed by atoms with Crippen LogP contribution < -0.4 is 0 Å². The van der Waals surface area contributed by atoms with Crippen LogP contribution in [0.2, 0.25) is 0 Å². The average molecular weight is 242 g/mol. The van der Waals surface area contributed by atoms with Gasteiger partial charge in [0.15, 0.2) is 0 Å². The van der Waals surface area contributed by atoms with E-state index < -0.39 is 0 Å². The maximum absolute atomic E-state index is 4.47. The number of hydrogen-bond donors (Lipinski definition) is 0. The van der Waals surface area contributed by atoms with Crippen LogP contribution in [0.3, 0.4) is 0 Å². The first-order valence-corrected chi connectivity index (χ1v) is 6.68. The zero-order valence-corrected chi connectivity index (χ0v) is 9.81. The highest BCUT2D eigenvalue weighted by molar-refractivity contribution is 7.25. The molecule has 16 heavy (non-hydrogen) atoms. The minimum Gasteiger partial charge on any atom is -0.244 e. The highest BCUT2D eigenvalue weighted by Gasteiger charge is 2.11. The fraction of sp³-hybridized carbons (Fsp3) is 0. The van der Waals surface area contributed by atoms with Crippen molar-refractivity contribution in [3.05, 3.63) is 35.3 Å². The normalized spacial score (nSPS) is 11.8. The molecule has 0 amide bonds. The molecule has 2 aromatic heterocycles. The zero-order valence-electron chi connectivity index (χ0n) is 8.18. The van der Waals surface area contributed by atoms with Crippen molar-refractivity contribution in [2.24, 2.45) is 0 Å². The van der Waals surface area contributed by atoms with Gasteiger partial charge >= 0.3 is 0 Å². The lowest BCUT2D eigenvalue weighted by molar-refractivity contribution is 1.51. The summed E-state index contributed by atoms with van der Waals surface area (Å²) < 4.78 is 2.52. The number of thiazole rings is 2. The summed E-state index contributed by atoms with van der Waals surface area (Å²) in [7, 11) is 0. The molecule has 0 aliphatic carbocycles. The Bertz CT molecular complexity index is 744. The largest absolute Gasteiger partial charge is 0.244 e. The van der Waals surface area contributed by atoms with Gasteiger partial charge in [0.05, 0.1) is 31.5 Å². The molecule has 0 N–H and O–H groups in total. The van der Waals surface area contributed by atoms with Crippen molar-refractivity contribution in [3.8, 4) is 0 Å². The summed E-state index contributed by atoms with van der Waals surface area (Å²) in [5.41, 5.74) is 6.04. The van der Waals surface area contributed by atoms with Gasteiger partial charge in [-0.15, -0.1) is 22.7 Å². The second kappa shape index (κ2) is 2.99. The summed E-state index contributed by atoms with van der Waals surface area (Å²) in [6.07, 6.45) is 0. The van der Waals surface area contributed by atoms with Crippen molar-refractivity contribution in [1.29, 1.82) is 0 Å². The molecule has 2 heterocycles. The quantitative estimate of drug-likeness (QED) is 0.464. The van der Waals surface area contributed by atoms with Crippen LogP contribution in [0.25, 0.3) is 31.2 Å². The van der Waals surface area contributed by atoms with Gasteiger partial charge in [0.1, 0.15) is 0 Å². The Kier molecular flexibility index (Phi) is 1.61. The lowest BCUT2D eigenvalue weighted by Crippen LogP contribution is -1.77. The van der Waals surface area contributed by atoms with Gasteiger partial charge in [0, 0.05) is 10.8 Å². The first-order valence-electron chi connectivity index (χ1n) is 4.92. The molecule has 2 aromatic carbocycles. The zero-order chi connectivity index (χ0) is 10.5. The standard InChI is InChI=1S/C12H6N2S2/c1-2-4-8-7(3-1)9-11(15-5-13-9)12-10(8)14-6-16-12/h1-6H. The fourth-order valence-electron chi connectivity index (χ4n) is 2.09. The molecule has 0 radical (unpaired) electrons. The SMILES string of the molecule is c1ccc2c(c1)c1ncsc1c1scnc21. The summed E-state index contributed by atoms with van der Waals surface area (Å²) in [5, 5.41) is 2.41. The van der Waals surface area contributed by atoms with Gasteiger partial charge in [0.25, 0.3) is 0 Å². The molecule has 4 heteroatoms. The molecule has 0 saturated heterocycles. The molecule has 0 fully saturated rings. The topological polar surface area (TPSA) is 25.8 Å². The average Bonchev–Trinajstić information content (AvgIpc) is 2.98. The van der Waals surface area contributed by atoms with Gasteiger partial charge in [-0.2, -0.15) is 0 Å². The van der Waals surface area contributed by atoms with E-state index in [-0.39, 0.29) is 0 Å². The molecule has 0 unspecified atom stereocenters. The lowest BCUT2D eigenvalue weighted by atomic mass is 10.1. The van der Waals surface area contributed by atoms with Crippen LogP contribution in [0.1, 0.15) is 0 Å². The molecule has 0 bridgehead atoms. The predicted molar refractivity (Wildman–Crippen MR) is 70.3 cm³/mol. The van der Waals surface area contributed by atoms with Crippen molar-refractivity contribution in [3.63, 3.8) is 0 Å². The maximum atomic E-state index is 4.47. The third-order valence-electron chi connectivity index (χ3n) is 2.78. The Morgan fingerprint density at radius 3 is 1.75 bits per heavy atom. The third kappa shape index (κ3) is 0.956. The molecular weight excluding hydrogens is 236 g/mol. The molecule has 0 atom stereocenters. The van der Waals surface area contributed by atoms with Gasteiger partial charge in [-0.25, -0.2) is 9.97 Å². The van der Waals surface area contributed by atoms with E-state index in [9.17, 15) is 0 Å². The lowest BCUT2D eigenvalue weighted by Gasteiger charge is -1.99. The van der Waals surface area contributed by atoms with Crippen LogP contribution >= 0.6 is 22.7 Å². The van der Waals surface area contributed by atoms with Crippen molar-refractivity contribution in [1.82, 2.24) is 9.97 Å². The van der Waals surface area contributed by atoms with Gasteiger partial charge in [-0.1, -0.05) is 24.3 Å². The van der Waals surface area contributed by atoms with E-state index in [0.717, 1.165) is 11.0 Å². The van der Waals surface area contributed by atoms with Crippen molar-refractivity contribution in [2.45, 2.75) is 0 Å². The van der Waals surface area contributed by atoms with Gasteiger partial charge in [0.2, 0.25) is 0 Å². The molecule has 0 aliphatic heterocycles. The van der Waals surface area contributed by atoms with Crippen LogP contribution in [0.5, 0.6) is 0 Å². The molecular formula is C12H6N2S2. The number of nitrogens with zero attached hydrogens (tertiary/aromatic N) is 2. The molecule has 4 aromatic rings. The van der Waals surface area contributed by atoms with Crippen LogP contribution in [-0.2, 0) is 0 Å². The summed E-state index contributed by atoms with van der Waals surface area (Å²) in [5.74, 6) is 0. The Labute approximate surface area is 99.2 Å². The third-order valence-corrected chi connectivity index (χ3v) is 4.60. The van der Waals surface area contributed by atoms with Crippen LogP contribution in [0, 0.1) is 0 Å². The molecule has 2 nitrogen and oxygen atoms in total. The number of hydrogen-bond acceptors (Lipinski definition) is 4. The Morgan fingerprint density at radius 1 is 0.750 bits per heavy atom. The highest BCUT2D eigenvalue weighted by Crippen LogP contribution is 2.37. The first-order chi connectivity index (χ1) is 7.95. The van der Waals surface area contributed by atoms with Crippen LogP contribution in [0.15, 0.2) is 35.3 Å². The van der Waals surface area contributed by atoms with E-state index in [1.54, 1.807) is 22.7 Å². The first kappa shape index (κ1) is 8.61. The minimum atomic E-state index is 1.11. The Hall–Kier alpha value is -1.52. The monoisotopic (exact) mass is 242 g/mol. The molecule has 0 aliphatic rings. The van der Waals surface area contributed by atoms with Crippen molar-refractivity contribution in [2.75, 3.05) is 0 Å². The summed E-state index contributed by atoms with van der Waals surface area (Å²) in [6.45, 7) is 0. The Morgan fingerprint density at radius 2 is 1.25 bits per heavy atom. The maximum Gasteiger partial charge on any atom is 0.0906 e. The summed E-state index contributed by atoms with van der Waals surface area (Å²) in [4.78, 5) is 8.95. The number of rotatable bonds is 0. The predicted octanol–water partition coefficient (Wildman–Crippen LogP) is 4.06. The van der Waals surface area contributed by atoms with Gasteiger partial charge in [-0.05, 0) is 0 Å². The van der Waals surface area contributed by atoms with Gasteiger partial charge < -0.3 is 0 Å². The molecule has 0 spiro atoms.